The second-order valence-electron chi connectivity index (χ2n) is 10.9. The van der Waals surface area contributed by atoms with Crippen LogP contribution in [0.25, 0.3) is 0 Å². The van der Waals surface area contributed by atoms with Gasteiger partial charge < -0.3 is 20.1 Å². The summed E-state index contributed by atoms with van der Waals surface area (Å²) < 4.78 is 43.7. The van der Waals surface area contributed by atoms with Gasteiger partial charge in [-0.25, -0.2) is 13.2 Å². The number of carbonyl (C=O) groups is 1. The molecule has 1 aromatic carbocycles. The molecule has 2 N–H and O–H groups in total. The zero-order valence-corrected chi connectivity index (χ0v) is 19.8. The summed E-state index contributed by atoms with van der Waals surface area (Å²) in [5.74, 6) is -1.05. The number of halogens is 3. The Labute approximate surface area is 201 Å². The van der Waals surface area contributed by atoms with Crippen molar-refractivity contribution >= 4 is 11.6 Å². The van der Waals surface area contributed by atoms with Gasteiger partial charge in [0.15, 0.2) is 0 Å². The van der Waals surface area contributed by atoms with Gasteiger partial charge in [-0.05, 0) is 50.5 Å². The van der Waals surface area contributed by atoms with E-state index in [1.54, 1.807) is 17.7 Å². The smallest absolute Gasteiger partial charge is 0.266 e. The van der Waals surface area contributed by atoms with Gasteiger partial charge in [0.2, 0.25) is 0 Å². The topological polar surface area (TPSA) is 71.6 Å². The molecule has 3 aliphatic carbocycles. The molecule has 2 aromatic rings. The molecule has 3 saturated carbocycles. The van der Waals surface area contributed by atoms with Crippen LogP contribution in [0.15, 0.2) is 35.3 Å². The number of primary amides is 1. The number of nitrogens with zero attached hydrogens (tertiary/aromatic N) is 3. The lowest BCUT2D eigenvalue weighted by Gasteiger charge is -2.36. The number of alkyl halides is 2. The third kappa shape index (κ3) is 3.50. The number of rotatable bonds is 7. The summed E-state index contributed by atoms with van der Waals surface area (Å²) in [6, 6.07) is 4.81. The van der Waals surface area contributed by atoms with E-state index in [0.29, 0.717) is 5.69 Å². The van der Waals surface area contributed by atoms with E-state index in [0.717, 1.165) is 38.4 Å². The monoisotopic (exact) mass is 486 g/mol. The van der Waals surface area contributed by atoms with Gasteiger partial charge in [-0.15, -0.1) is 0 Å². The molecule has 2 unspecified atom stereocenters. The van der Waals surface area contributed by atoms with E-state index in [4.69, 9.17) is 5.73 Å². The molecule has 1 saturated heterocycles. The number of fused-ring (bicyclic) bond motifs is 1. The van der Waals surface area contributed by atoms with E-state index in [9.17, 15) is 18.4 Å². The third-order valence-corrected chi connectivity index (χ3v) is 8.79. The highest BCUT2D eigenvalue weighted by atomic mass is 19.3. The molecular weight excluding hydrogens is 457 g/mol. The number of likely N-dealkylation sites (tertiary alicyclic amines) is 1. The van der Waals surface area contributed by atoms with Crippen molar-refractivity contribution in [3.63, 3.8) is 0 Å². The van der Waals surface area contributed by atoms with Crippen LogP contribution in [0.1, 0.15) is 66.2 Å². The Morgan fingerprint density at radius 2 is 1.86 bits per heavy atom. The average Bonchev–Trinajstić information content (AvgIpc) is 3.76. The molecule has 0 bridgehead atoms. The van der Waals surface area contributed by atoms with Crippen molar-refractivity contribution < 1.29 is 18.0 Å². The number of benzene rings is 1. The van der Waals surface area contributed by atoms with Crippen LogP contribution in [0, 0.1) is 23.1 Å². The molecule has 1 amide bonds. The predicted molar refractivity (Wildman–Crippen MR) is 125 cm³/mol. The fraction of sp³-hybridized carbons (Fsp3) is 0.538. The molecule has 186 valence electrons. The van der Waals surface area contributed by atoms with E-state index in [-0.39, 0.29) is 46.0 Å². The quantitative estimate of drug-likeness (QED) is 0.645. The first-order chi connectivity index (χ1) is 16.6. The molecule has 1 aliphatic heterocycles. The Morgan fingerprint density at radius 3 is 2.43 bits per heavy atom. The summed E-state index contributed by atoms with van der Waals surface area (Å²) in [6.45, 7) is 3.42. The standard InChI is InChI=1S/C26H29F3N4O2/c1-13(14-4-3-5-15(22(14)27)24(28)29)33(23-16-10-31(2)11-17(16)23)19-8-21(34)32(12-18(19)25(30)35)20-9-26(20)6-7-26/h3-5,8,12-13,16-17,20,23-24H,6-7,9-11H2,1-2H3,(H2,30,35)/t13-,16?,17?,20+,23?/m1/s1. The normalized spacial score (nSPS) is 28.7. The van der Waals surface area contributed by atoms with E-state index in [2.05, 4.69) is 4.90 Å². The molecule has 0 radical (unpaired) electrons. The molecule has 1 spiro atoms. The van der Waals surface area contributed by atoms with Crippen LogP contribution in [0.2, 0.25) is 0 Å². The van der Waals surface area contributed by atoms with E-state index in [1.165, 1.54) is 18.2 Å². The Hall–Kier alpha value is -2.81. The maximum atomic E-state index is 15.2. The van der Waals surface area contributed by atoms with Crippen molar-refractivity contribution in [1.82, 2.24) is 9.47 Å². The summed E-state index contributed by atoms with van der Waals surface area (Å²) in [7, 11) is 2.03. The second kappa shape index (κ2) is 7.59. The first-order valence-corrected chi connectivity index (χ1v) is 12.2. The van der Waals surface area contributed by atoms with Crippen molar-refractivity contribution in [3.05, 3.63) is 63.3 Å². The highest BCUT2D eigenvalue weighted by Gasteiger charge is 2.64. The molecule has 6 rings (SSSR count). The van der Waals surface area contributed by atoms with Gasteiger partial charge in [0.05, 0.1) is 22.9 Å². The summed E-state index contributed by atoms with van der Waals surface area (Å²) in [6.07, 6.45) is 1.71. The predicted octanol–water partition coefficient (Wildman–Crippen LogP) is 3.88. The van der Waals surface area contributed by atoms with Crippen LogP contribution in [0.5, 0.6) is 0 Å². The number of anilines is 1. The van der Waals surface area contributed by atoms with E-state index < -0.39 is 29.8 Å². The van der Waals surface area contributed by atoms with Crippen molar-refractivity contribution in [3.8, 4) is 0 Å². The number of hydrogen-bond acceptors (Lipinski definition) is 4. The molecule has 9 heteroatoms. The van der Waals surface area contributed by atoms with Crippen molar-refractivity contribution in [2.45, 2.75) is 50.7 Å². The lowest BCUT2D eigenvalue weighted by atomic mass is 10.0. The number of nitrogens with two attached hydrogens (primary N) is 1. The fourth-order valence-corrected chi connectivity index (χ4v) is 6.56. The Morgan fingerprint density at radius 1 is 1.20 bits per heavy atom. The maximum Gasteiger partial charge on any atom is 0.266 e. The lowest BCUT2D eigenvalue weighted by molar-refractivity contribution is 0.0999. The Bertz CT molecular complexity index is 1260. The van der Waals surface area contributed by atoms with Crippen molar-refractivity contribution in [1.29, 1.82) is 0 Å². The number of piperidine rings is 1. The van der Waals surface area contributed by atoms with E-state index in [1.807, 2.05) is 11.9 Å². The van der Waals surface area contributed by atoms with Gasteiger partial charge in [-0.1, -0.05) is 18.2 Å². The van der Waals surface area contributed by atoms with Gasteiger partial charge >= 0.3 is 0 Å². The van der Waals surface area contributed by atoms with Gasteiger partial charge in [0.25, 0.3) is 17.9 Å². The molecule has 4 aliphatic rings. The number of amides is 1. The number of aromatic nitrogens is 1. The Kier molecular flexibility index (Phi) is 4.91. The van der Waals surface area contributed by atoms with Gasteiger partial charge in [-0.2, -0.15) is 0 Å². The van der Waals surface area contributed by atoms with Crippen molar-refractivity contribution in [2.24, 2.45) is 23.0 Å². The van der Waals surface area contributed by atoms with Crippen LogP contribution in [0.4, 0.5) is 18.9 Å². The zero-order chi connectivity index (χ0) is 24.8. The van der Waals surface area contributed by atoms with Crippen molar-refractivity contribution in [2.75, 3.05) is 25.0 Å². The van der Waals surface area contributed by atoms with Gasteiger partial charge in [0.1, 0.15) is 5.82 Å². The maximum absolute atomic E-state index is 15.2. The van der Waals surface area contributed by atoms with E-state index >= 15 is 4.39 Å². The van der Waals surface area contributed by atoms with Gasteiger partial charge in [0, 0.05) is 43.0 Å². The van der Waals surface area contributed by atoms with Crippen LogP contribution in [0.3, 0.4) is 0 Å². The molecule has 2 heterocycles. The molecule has 4 fully saturated rings. The molecular formula is C26H29F3N4O2. The molecule has 6 nitrogen and oxygen atoms in total. The van der Waals surface area contributed by atoms with Crippen LogP contribution >= 0.6 is 0 Å². The summed E-state index contributed by atoms with van der Waals surface area (Å²) in [5, 5.41) is 0. The first-order valence-electron chi connectivity index (χ1n) is 12.2. The minimum absolute atomic E-state index is 0.0418. The summed E-state index contributed by atoms with van der Waals surface area (Å²) in [4.78, 5) is 30.0. The molecule has 1 aromatic heterocycles. The molecule has 35 heavy (non-hydrogen) atoms. The summed E-state index contributed by atoms with van der Waals surface area (Å²) >= 11 is 0. The SMILES string of the molecule is C[C@H](c1cccc(C(F)F)c1F)N(c1cc(=O)n([C@H]2CC23CC3)cc1C(N)=O)C1C2CN(C)CC21. The van der Waals surface area contributed by atoms with Crippen LogP contribution in [-0.2, 0) is 0 Å². The highest BCUT2D eigenvalue weighted by Crippen LogP contribution is 2.72. The summed E-state index contributed by atoms with van der Waals surface area (Å²) in [5.41, 5.74) is 5.81. The second-order valence-corrected chi connectivity index (χ2v) is 10.9. The third-order valence-electron chi connectivity index (χ3n) is 8.79. The Balaban J connectivity index is 1.46. The zero-order valence-electron chi connectivity index (χ0n) is 19.8. The van der Waals surface area contributed by atoms with Crippen LogP contribution in [-0.4, -0.2) is 41.6 Å². The van der Waals surface area contributed by atoms with Crippen LogP contribution < -0.4 is 16.2 Å². The minimum atomic E-state index is -2.94. The largest absolute Gasteiger partial charge is 0.365 e. The minimum Gasteiger partial charge on any atom is -0.365 e. The number of pyridine rings is 1. The number of hydrogen-bond donors (Lipinski definition) is 1. The first kappa shape index (κ1) is 22.6. The number of carbonyl (C=O) groups excluding carboxylic acids is 1. The fourth-order valence-electron chi connectivity index (χ4n) is 6.56. The molecule has 4 atom stereocenters. The average molecular weight is 487 g/mol. The van der Waals surface area contributed by atoms with Gasteiger partial charge in [-0.3, -0.25) is 9.59 Å². The lowest BCUT2D eigenvalue weighted by Crippen LogP contribution is -2.38. The highest BCUT2D eigenvalue weighted by molar-refractivity contribution is 5.98.